The largest absolute Gasteiger partial charge is 0.513 e. The van der Waals surface area contributed by atoms with Crippen LogP contribution in [0.4, 0.5) is 5.69 Å². The van der Waals surface area contributed by atoms with Gasteiger partial charge >= 0.3 is 0 Å². The number of anilines is 1. The maximum atomic E-state index is 13.3. The monoisotopic (exact) mass is 605 g/mol. The number of benzene rings is 1. The van der Waals surface area contributed by atoms with Gasteiger partial charge in [-0.2, -0.15) is 0 Å². The Labute approximate surface area is 258 Å². The molecule has 1 atom stereocenters. The number of likely N-dealkylation sites (tertiary alicyclic amines) is 2. The Kier molecular flexibility index (Phi) is 9.38. The molecule has 1 spiro atoms. The van der Waals surface area contributed by atoms with Gasteiger partial charge in [-0.05, 0) is 81.5 Å². The number of imide groups is 1. The van der Waals surface area contributed by atoms with Crippen molar-refractivity contribution in [3.8, 4) is 0 Å². The number of hydrogen-bond donors (Lipinski definition) is 4. The molecule has 5 rings (SSSR count). The number of amides is 3. The van der Waals surface area contributed by atoms with Crippen molar-refractivity contribution >= 4 is 35.5 Å². The number of hydrogen-bond acceptors (Lipinski definition) is 9. The first kappa shape index (κ1) is 31.2. The average molecular weight is 606 g/mol. The third kappa shape index (κ3) is 6.35. The second kappa shape index (κ2) is 13.2. The van der Waals surface area contributed by atoms with Gasteiger partial charge in [-0.15, -0.1) is 0 Å². The van der Waals surface area contributed by atoms with E-state index < -0.39 is 23.8 Å². The van der Waals surface area contributed by atoms with Crippen LogP contribution in [-0.2, 0) is 9.59 Å². The number of nitrogens with two attached hydrogens (primary N) is 1. The molecule has 5 N–H and O–H groups in total. The Morgan fingerprint density at radius 3 is 2.43 bits per heavy atom. The lowest BCUT2D eigenvalue weighted by Crippen LogP contribution is -2.60. The third-order valence-electron chi connectivity index (χ3n) is 9.71. The Balaban J connectivity index is 1.10. The molecule has 12 nitrogen and oxygen atoms in total. The molecule has 1 aromatic carbocycles. The second-order valence-electron chi connectivity index (χ2n) is 12.5. The SMILES string of the molecule is CNC(=O)C(CCC=O)N1C(=O)c2ccc(N3CC4(CCN(CC5CCN(C(=N)C=CC(N)=CO)CC5)CC4)C3)cc2C1=O. The Morgan fingerprint density at radius 2 is 1.80 bits per heavy atom. The average Bonchev–Trinajstić information content (AvgIpc) is 3.27. The van der Waals surface area contributed by atoms with Crippen molar-refractivity contribution in [1.29, 1.82) is 5.41 Å². The van der Waals surface area contributed by atoms with E-state index in [1.54, 1.807) is 24.3 Å². The van der Waals surface area contributed by atoms with Crippen LogP contribution in [0, 0.1) is 16.7 Å². The highest BCUT2D eigenvalue weighted by molar-refractivity contribution is 6.23. The number of nitrogens with zero attached hydrogens (tertiary/aromatic N) is 4. The zero-order chi connectivity index (χ0) is 31.4. The molecule has 4 heterocycles. The van der Waals surface area contributed by atoms with Crippen LogP contribution in [0.1, 0.15) is 59.2 Å². The van der Waals surface area contributed by atoms with Gasteiger partial charge in [-0.25, -0.2) is 0 Å². The summed E-state index contributed by atoms with van der Waals surface area (Å²) in [4.78, 5) is 57.7. The highest BCUT2D eigenvalue weighted by Gasteiger charge is 2.47. The molecule has 3 saturated heterocycles. The Hall–Kier alpha value is -4.19. The molecule has 12 heteroatoms. The molecule has 4 aliphatic heterocycles. The number of aliphatic hydroxyl groups is 1. The standard InChI is InChI=1S/C32H43N7O5/c1-35-29(42)27(3-2-16-40)39-30(43)25-6-5-24(17-26(25)31(39)44)38-20-32(21-38)10-14-36(15-11-32)18-22-8-12-37(13-9-22)28(34)7-4-23(33)19-41/h4-7,16-17,19,22,27,34,41H,2-3,8-15,18,20-21,33H2,1H3,(H,35,42). The topological polar surface area (TPSA) is 163 Å². The molecule has 236 valence electrons. The molecule has 1 aromatic rings. The maximum Gasteiger partial charge on any atom is 0.262 e. The van der Waals surface area contributed by atoms with Crippen molar-refractivity contribution in [1.82, 2.24) is 20.0 Å². The van der Waals surface area contributed by atoms with Crippen LogP contribution in [0.3, 0.4) is 0 Å². The van der Waals surface area contributed by atoms with Crippen LogP contribution >= 0.6 is 0 Å². The van der Waals surface area contributed by atoms with Crippen molar-refractivity contribution in [3.63, 3.8) is 0 Å². The van der Waals surface area contributed by atoms with Crippen LogP contribution in [0.5, 0.6) is 0 Å². The van der Waals surface area contributed by atoms with E-state index in [0.717, 1.165) is 88.3 Å². The summed E-state index contributed by atoms with van der Waals surface area (Å²) >= 11 is 0. The van der Waals surface area contributed by atoms with Crippen LogP contribution in [0.2, 0.25) is 0 Å². The summed E-state index contributed by atoms with van der Waals surface area (Å²) in [5.41, 5.74) is 7.58. The minimum Gasteiger partial charge on any atom is -0.513 e. The van der Waals surface area contributed by atoms with Crippen molar-refractivity contribution in [2.45, 2.75) is 44.6 Å². The fraction of sp³-hybridized carbons (Fsp3) is 0.531. The minimum atomic E-state index is -1.02. The van der Waals surface area contributed by atoms with Crippen molar-refractivity contribution < 1.29 is 24.3 Å². The van der Waals surface area contributed by atoms with Crippen molar-refractivity contribution in [2.75, 3.05) is 57.8 Å². The van der Waals surface area contributed by atoms with Gasteiger partial charge in [0.05, 0.1) is 16.8 Å². The normalized spacial score (nSPS) is 21.5. The Morgan fingerprint density at radius 1 is 1.11 bits per heavy atom. The quantitative estimate of drug-likeness (QED) is 0.0779. The smallest absolute Gasteiger partial charge is 0.262 e. The summed E-state index contributed by atoms with van der Waals surface area (Å²) in [6.45, 7) is 6.73. The highest BCUT2D eigenvalue weighted by atomic mass is 16.2. The zero-order valence-electron chi connectivity index (χ0n) is 25.3. The van der Waals surface area contributed by atoms with Gasteiger partial charge in [0.15, 0.2) is 0 Å². The Bertz CT molecular complexity index is 1350. The molecule has 3 amide bonds. The number of allylic oxidation sites excluding steroid dienone is 1. The fourth-order valence-corrected chi connectivity index (χ4v) is 7.01. The number of likely N-dealkylation sites (N-methyl/N-ethyl adjacent to an activating group) is 1. The highest BCUT2D eigenvalue weighted by Crippen LogP contribution is 2.43. The summed E-state index contributed by atoms with van der Waals surface area (Å²) in [5, 5.41) is 19.7. The number of carbonyl (C=O) groups is 4. The predicted molar refractivity (Wildman–Crippen MR) is 166 cm³/mol. The van der Waals surface area contributed by atoms with Crippen molar-refractivity contribution in [3.05, 3.63) is 53.4 Å². The molecule has 0 bridgehead atoms. The first-order valence-corrected chi connectivity index (χ1v) is 15.4. The van der Waals surface area contributed by atoms with E-state index in [9.17, 15) is 19.2 Å². The van der Waals surface area contributed by atoms with E-state index in [1.165, 1.54) is 7.05 Å². The lowest BCUT2D eigenvalue weighted by atomic mass is 9.71. The summed E-state index contributed by atoms with van der Waals surface area (Å²) in [5.74, 6) is -0.412. The van der Waals surface area contributed by atoms with Gasteiger partial charge in [0, 0.05) is 57.3 Å². The number of piperidine rings is 2. The number of aldehydes is 1. The minimum absolute atomic E-state index is 0.0772. The van der Waals surface area contributed by atoms with E-state index in [0.29, 0.717) is 29.2 Å². The molecule has 0 saturated carbocycles. The summed E-state index contributed by atoms with van der Waals surface area (Å²) in [7, 11) is 1.45. The molecule has 1 unspecified atom stereocenters. The number of nitrogens with one attached hydrogen (secondary N) is 2. The number of amidine groups is 1. The second-order valence-corrected chi connectivity index (χ2v) is 12.5. The zero-order valence-corrected chi connectivity index (χ0v) is 25.3. The third-order valence-corrected chi connectivity index (χ3v) is 9.71. The molecule has 0 radical (unpaired) electrons. The summed E-state index contributed by atoms with van der Waals surface area (Å²) in [6.07, 6.45) is 9.21. The summed E-state index contributed by atoms with van der Waals surface area (Å²) in [6, 6.07) is 4.33. The molecule has 3 fully saturated rings. The van der Waals surface area contributed by atoms with Crippen molar-refractivity contribution in [2.24, 2.45) is 17.1 Å². The molecular formula is C32H43N7O5. The maximum absolute atomic E-state index is 13.3. The van der Waals surface area contributed by atoms with E-state index in [1.807, 2.05) is 6.07 Å². The molecule has 44 heavy (non-hydrogen) atoms. The number of fused-ring (bicyclic) bond motifs is 1. The number of rotatable bonds is 10. The van der Waals surface area contributed by atoms with Crippen LogP contribution in [0.15, 0.2) is 42.3 Å². The lowest BCUT2D eigenvalue weighted by molar-refractivity contribution is -0.124. The van der Waals surface area contributed by atoms with Gasteiger partial charge in [0.25, 0.3) is 11.8 Å². The molecule has 0 aromatic heterocycles. The fourth-order valence-electron chi connectivity index (χ4n) is 7.01. The van der Waals surface area contributed by atoms with Crippen LogP contribution in [-0.4, -0.2) is 109 Å². The number of aliphatic hydroxyl groups excluding tert-OH is 1. The van der Waals surface area contributed by atoms with Gasteiger partial charge in [-0.3, -0.25) is 24.7 Å². The van der Waals surface area contributed by atoms with Gasteiger partial charge in [0.1, 0.15) is 24.4 Å². The van der Waals surface area contributed by atoms with E-state index in [4.69, 9.17) is 16.2 Å². The van der Waals surface area contributed by atoms with Crippen LogP contribution in [0.25, 0.3) is 0 Å². The van der Waals surface area contributed by atoms with E-state index in [-0.39, 0.29) is 24.0 Å². The lowest BCUT2D eigenvalue weighted by Gasteiger charge is -2.55. The summed E-state index contributed by atoms with van der Waals surface area (Å²) < 4.78 is 0. The van der Waals surface area contributed by atoms with Gasteiger partial charge in [-0.1, -0.05) is 0 Å². The molecule has 4 aliphatic rings. The first-order chi connectivity index (χ1) is 21.2. The molecule has 0 aliphatic carbocycles. The van der Waals surface area contributed by atoms with Crippen LogP contribution < -0.4 is 16.0 Å². The predicted octanol–water partition coefficient (Wildman–Crippen LogP) is 1.88. The molecular weight excluding hydrogens is 562 g/mol. The first-order valence-electron chi connectivity index (χ1n) is 15.4. The van der Waals surface area contributed by atoms with E-state index in [2.05, 4.69) is 20.0 Å². The van der Waals surface area contributed by atoms with Gasteiger partial charge < -0.3 is 35.7 Å². The van der Waals surface area contributed by atoms with E-state index >= 15 is 0 Å². The van der Waals surface area contributed by atoms with Gasteiger partial charge in [0.2, 0.25) is 5.91 Å². The number of carbonyl (C=O) groups excluding carboxylic acids is 4.